The van der Waals surface area contributed by atoms with Gasteiger partial charge in [0.25, 0.3) is 0 Å². The van der Waals surface area contributed by atoms with Gasteiger partial charge in [0.1, 0.15) is 0 Å². The average molecular weight is 420 g/mol. The summed E-state index contributed by atoms with van der Waals surface area (Å²) in [5.74, 6) is 2.42. The molecule has 29 heavy (non-hydrogen) atoms. The van der Waals surface area contributed by atoms with E-state index in [-0.39, 0.29) is 28.4 Å². The van der Waals surface area contributed by atoms with Crippen molar-refractivity contribution in [3.05, 3.63) is 24.3 Å². The van der Waals surface area contributed by atoms with E-state index in [1.54, 1.807) is 26.0 Å². The Morgan fingerprint density at radius 2 is 1.48 bits per heavy atom. The van der Waals surface area contributed by atoms with E-state index in [0.29, 0.717) is 5.69 Å². The molecule has 1 amide bonds. The Morgan fingerprint density at radius 3 is 1.97 bits per heavy atom. The molecule has 4 aliphatic carbocycles. The van der Waals surface area contributed by atoms with E-state index in [0.717, 1.165) is 17.8 Å². The summed E-state index contributed by atoms with van der Waals surface area (Å²) < 4.78 is 27.0. The Bertz CT molecular complexity index is 829. The van der Waals surface area contributed by atoms with Crippen LogP contribution < -0.4 is 15.4 Å². The van der Waals surface area contributed by atoms with Gasteiger partial charge < -0.3 is 10.6 Å². The van der Waals surface area contributed by atoms with E-state index in [1.165, 1.54) is 50.7 Å². The summed E-state index contributed by atoms with van der Waals surface area (Å²) in [6.45, 7) is 5.49. The molecular weight excluding hydrogens is 386 g/mol. The largest absolute Gasteiger partial charge is 0.325 e. The lowest BCUT2D eigenvalue weighted by molar-refractivity contribution is -0.119. The fraction of sp³-hybridized carbons (Fsp3) is 0.682. The Morgan fingerprint density at radius 1 is 0.966 bits per heavy atom. The Hall–Kier alpha value is -1.44. The third-order valence-electron chi connectivity index (χ3n) is 6.78. The molecule has 1 aromatic rings. The molecule has 4 saturated carbocycles. The van der Waals surface area contributed by atoms with Crippen molar-refractivity contribution in [3.8, 4) is 0 Å². The average Bonchev–Trinajstić information content (AvgIpc) is 2.59. The van der Waals surface area contributed by atoms with E-state index in [4.69, 9.17) is 0 Å². The topological polar surface area (TPSA) is 87.3 Å². The number of nitrogens with one attached hydrogen (secondary N) is 3. The fourth-order valence-electron chi connectivity index (χ4n) is 6.16. The van der Waals surface area contributed by atoms with Crippen LogP contribution in [-0.4, -0.2) is 31.9 Å². The van der Waals surface area contributed by atoms with Gasteiger partial charge in [0, 0.05) is 17.3 Å². The number of amides is 1. The maximum Gasteiger partial charge on any atom is 0.241 e. The number of benzene rings is 1. The first-order valence-electron chi connectivity index (χ1n) is 10.9. The predicted molar refractivity (Wildman–Crippen MR) is 114 cm³/mol. The quantitative estimate of drug-likeness (QED) is 0.633. The second-order valence-electron chi connectivity index (χ2n) is 9.85. The highest BCUT2D eigenvalue weighted by molar-refractivity contribution is 7.89. The molecule has 4 bridgehead atoms. The maximum absolute atomic E-state index is 12.8. The molecule has 4 aliphatic rings. The number of rotatable bonds is 7. The van der Waals surface area contributed by atoms with Gasteiger partial charge in [0.05, 0.1) is 10.9 Å². The zero-order chi connectivity index (χ0) is 20.8. The summed E-state index contributed by atoms with van der Waals surface area (Å²) in [6.07, 6.45) is 7.73. The van der Waals surface area contributed by atoms with Crippen molar-refractivity contribution in [2.24, 2.45) is 17.8 Å². The molecule has 0 aromatic heterocycles. The van der Waals surface area contributed by atoms with E-state index in [2.05, 4.69) is 15.4 Å². The van der Waals surface area contributed by atoms with Crippen molar-refractivity contribution >= 4 is 21.6 Å². The van der Waals surface area contributed by atoms with Crippen LogP contribution in [-0.2, 0) is 14.8 Å². The first-order chi connectivity index (χ1) is 13.6. The van der Waals surface area contributed by atoms with Crippen LogP contribution >= 0.6 is 0 Å². The Labute approximate surface area is 174 Å². The highest BCUT2D eigenvalue weighted by atomic mass is 32.2. The van der Waals surface area contributed by atoms with Gasteiger partial charge in [-0.25, -0.2) is 13.1 Å². The lowest BCUT2D eigenvalue weighted by atomic mass is 9.53. The van der Waals surface area contributed by atoms with Gasteiger partial charge in [-0.15, -0.1) is 0 Å². The van der Waals surface area contributed by atoms with Crippen molar-refractivity contribution in [1.29, 1.82) is 0 Å². The molecule has 0 unspecified atom stereocenters. The SMILES string of the molecule is CC(C)NS(=O)(=O)c1ccc(NC(=O)[C@H](C)NC23CC4CC(CC(C4)C2)C3)cc1. The zero-order valence-electron chi connectivity index (χ0n) is 17.6. The van der Waals surface area contributed by atoms with E-state index >= 15 is 0 Å². The second-order valence-corrected chi connectivity index (χ2v) is 11.6. The summed E-state index contributed by atoms with van der Waals surface area (Å²) in [6, 6.07) is 5.89. The lowest BCUT2D eigenvalue weighted by Gasteiger charge is -2.57. The normalized spacial score (nSPS) is 31.8. The molecule has 3 N–H and O–H groups in total. The van der Waals surface area contributed by atoms with Crippen LogP contribution in [0.1, 0.15) is 59.3 Å². The summed E-state index contributed by atoms with van der Waals surface area (Å²) >= 11 is 0. The highest BCUT2D eigenvalue weighted by Gasteiger charge is 2.51. The van der Waals surface area contributed by atoms with Gasteiger partial charge in [-0.3, -0.25) is 4.79 Å². The van der Waals surface area contributed by atoms with Gasteiger partial charge in [-0.05, 0) is 101 Å². The van der Waals surface area contributed by atoms with Crippen molar-refractivity contribution in [1.82, 2.24) is 10.0 Å². The van der Waals surface area contributed by atoms with Crippen molar-refractivity contribution < 1.29 is 13.2 Å². The first kappa shape index (κ1) is 20.8. The van der Waals surface area contributed by atoms with Crippen LogP contribution in [0.25, 0.3) is 0 Å². The molecule has 6 nitrogen and oxygen atoms in total. The molecule has 0 spiro atoms. The second kappa shape index (κ2) is 7.67. The van der Waals surface area contributed by atoms with Crippen LogP contribution in [0.15, 0.2) is 29.2 Å². The van der Waals surface area contributed by atoms with Gasteiger partial charge in [0.2, 0.25) is 15.9 Å². The molecule has 0 saturated heterocycles. The van der Waals surface area contributed by atoms with Gasteiger partial charge in [-0.2, -0.15) is 0 Å². The molecule has 1 aromatic carbocycles. The minimum Gasteiger partial charge on any atom is -0.325 e. The number of hydrogen-bond donors (Lipinski definition) is 3. The standard InChI is InChI=1S/C22H33N3O3S/c1-14(2)25-29(27,28)20-6-4-19(5-7-20)23-21(26)15(3)24-22-11-16-8-17(12-22)10-18(9-16)13-22/h4-7,14-18,24-25H,8-13H2,1-3H3,(H,23,26)/t15-,16?,17?,18?,22?/m0/s1. The molecule has 5 rings (SSSR count). The van der Waals surface area contributed by atoms with Gasteiger partial charge in [-0.1, -0.05) is 0 Å². The molecule has 0 aliphatic heterocycles. The summed E-state index contributed by atoms with van der Waals surface area (Å²) in [7, 11) is -3.53. The zero-order valence-corrected chi connectivity index (χ0v) is 18.4. The highest BCUT2D eigenvalue weighted by Crippen LogP contribution is 2.55. The molecule has 0 radical (unpaired) electrons. The molecule has 160 valence electrons. The van der Waals surface area contributed by atoms with Crippen molar-refractivity contribution in [2.45, 2.75) is 81.8 Å². The first-order valence-corrected chi connectivity index (χ1v) is 12.3. The summed E-state index contributed by atoms with van der Waals surface area (Å²) in [4.78, 5) is 13.0. The minimum atomic E-state index is -3.53. The molecule has 1 atom stereocenters. The number of carbonyl (C=O) groups is 1. The number of anilines is 1. The van der Waals surface area contributed by atoms with Crippen molar-refractivity contribution in [2.75, 3.05) is 5.32 Å². The van der Waals surface area contributed by atoms with Crippen molar-refractivity contribution in [3.63, 3.8) is 0 Å². The smallest absolute Gasteiger partial charge is 0.241 e. The van der Waals surface area contributed by atoms with Crippen LogP contribution in [0.4, 0.5) is 5.69 Å². The van der Waals surface area contributed by atoms with Crippen LogP contribution in [0.5, 0.6) is 0 Å². The van der Waals surface area contributed by atoms with Crippen LogP contribution in [0.2, 0.25) is 0 Å². The van der Waals surface area contributed by atoms with Gasteiger partial charge >= 0.3 is 0 Å². The minimum absolute atomic E-state index is 0.0725. The monoisotopic (exact) mass is 419 g/mol. The molecule has 0 heterocycles. The summed E-state index contributed by atoms with van der Waals surface area (Å²) in [5, 5.41) is 6.61. The predicted octanol–water partition coefficient (Wildman–Crippen LogP) is 3.26. The third-order valence-corrected chi connectivity index (χ3v) is 8.45. The number of hydrogen-bond acceptors (Lipinski definition) is 4. The fourth-order valence-corrected chi connectivity index (χ4v) is 7.41. The van der Waals surface area contributed by atoms with Gasteiger partial charge in [0.15, 0.2) is 0 Å². The summed E-state index contributed by atoms with van der Waals surface area (Å²) in [5.41, 5.74) is 0.740. The van der Waals surface area contributed by atoms with E-state index < -0.39 is 10.0 Å². The maximum atomic E-state index is 12.8. The molecule has 7 heteroatoms. The van der Waals surface area contributed by atoms with E-state index in [9.17, 15) is 13.2 Å². The number of sulfonamides is 1. The Kier molecular flexibility index (Phi) is 5.51. The van der Waals surface area contributed by atoms with E-state index in [1.807, 2.05) is 6.92 Å². The lowest BCUT2D eigenvalue weighted by Crippen LogP contribution is -2.62. The third kappa shape index (κ3) is 4.52. The van der Waals surface area contributed by atoms with Crippen LogP contribution in [0, 0.1) is 17.8 Å². The Balaban J connectivity index is 1.37. The molecular formula is C22H33N3O3S. The molecule has 4 fully saturated rings. The number of carbonyl (C=O) groups excluding carboxylic acids is 1. The van der Waals surface area contributed by atoms with Crippen LogP contribution in [0.3, 0.4) is 0 Å².